The van der Waals surface area contributed by atoms with E-state index in [0.717, 1.165) is 24.8 Å². The summed E-state index contributed by atoms with van der Waals surface area (Å²) in [5.74, 6) is 0.336. The first-order valence-electron chi connectivity index (χ1n) is 4.47. The molecule has 0 aromatic carbocycles. The van der Waals surface area contributed by atoms with Crippen LogP contribution in [0.3, 0.4) is 0 Å². The second-order valence-electron chi connectivity index (χ2n) is 2.53. The maximum Gasteiger partial charge on any atom is 0.164 e. The fraction of sp³-hybridized carbons (Fsp3) is 0.500. The van der Waals surface area contributed by atoms with Gasteiger partial charge in [0.15, 0.2) is 5.78 Å². The van der Waals surface area contributed by atoms with Gasteiger partial charge >= 0.3 is 0 Å². The molecule has 1 heterocycles. The summed E-state index contributed by atoms with van der Waals surface area (Å²) in [6, 6.07) is 1.95. The van der Waals surface area contributed by atoms with Gasteiger partial charge in [-0.15, -0.1) is 11.3 Å². The first-order chi connectivity index (χ1) is 5.88. The summed E-state index contributed by atoms with van der Waals surface area (Å²) in [7, 11) is 0. The van der Waals surface area contributed by atoms with Crippen molar-refractivity contribution in [1.29, 1.82) is 0 Å². The van der Waals surface area contributed by atoms with Crippen LogP contribution in [0, 0.1) is 0 Å². The van der Waals surface area contributed by atoms with Gasteiger partial charge in [0.25, 0.3) is 0 Å². The Morgan fingerprint density at radius 3 is 2.75 bits per heavy atom. The highest BCUT2D eigenvalue weighted by molar-refractivity contribution is 7.10. The molecule has 1 aromatic heterocycles. The Morgan fingerprint density at radius 1 is 1.33 bits per heavy atom. The molecule has 1 aromatic rings. The number of hydrogen-bond donors (Lipinski definition) is 0. The fourth-order valence-electron chi connectivity index (χ4n) is 1.33. The SMILES string of the molecule is CC.O=C1CCCc2sccc21. The zero-order valence-corrected chi connectivity index (χ0v) is 8.41. The third kappa shape index (κ3) is 1.75. The van der Waals surface area contributed by atoms with Crippen molar-refractivity contribution in [1.82, 2.24) is 0 Å². The maximum absolute atomic E-state index is 11.2. The summed E-state index contributed by atoms with van der Waals surface area (Å²) >= 11 is 1.71. The molecule has 1 aliphatic rings. The normalized spacial score (nSPS) is 14.7. The number of carbonyl (C=O) groups is 1. The lowest BCUT2D eigenvalue weighted by Crippen LogP contribution is -2.06. The number of ketones is 1. The highest BCUT2D eigenvalue weighted by Gasteiger charge is 2.16. The number of aryl methyl sites for hydroxylation is 1. The number of hydrogen-bond acceptors (Lipinski definition) is 2. The topological polar surface area (TPSA) is 17.1 Å². The van der Waals surface area contributed by atoms with Gasteiger partial charge < -0.3 is 0 Å². The van der Waals surface area contributed by atoms with Crippen LogP contribution >= 0.6 is 11.3 Å². The Kier molecular flexibility index (Phi) is 3.48. The monoisotopic (exact) mass is 182 g/mol. The van der Waals surface area contributed by atoms with E-state index < -0.39 is 0 Å². The zero-order chi connectivity index (χ0) is 8.97. The molecule has 0 atom stereocenters. The van der Waals surface area contributed by atoms with Gasteiger partial charge in [0, 0.05) is 16.9 Å². The molecular formula is C10H14OS. The molecule has 0 saturated heterocycles. The summed E-state index contributed by atoms with van der Waals surface area (Å²) in [6.07, 6.45) is 2.91. The van der Waals surface area contributed by atoms with Crippen molar-refractivity contribution < 1.29 is 4.79 Å². The van der Waals surface area contributed by atoms with Crippen molar-refractivity contribution >= 4 is 17.1 Å². The second kappa shape index (κ2) is 4.41. The first kappa shape index (κ1) is 9.46. The van der Waals surface area contributed by atoms with Gasteiger partial charge in [-0.25, -0.2) is 0 Å². The Morgan fingerprint density at radius 2 is 2.08 bits per heavy atom. The average molecular weight is 182 g/mol. The molecule has 12 heavy (non-hydrogen) atoms. The average Bonchev–Trinajstić information content (AvgIpc) is 2.57. The Hall–Kier alpha value is -0.630. The third-order valence-electron chi connectivity index (χ3n) is 1.85. The zero-order valence-electron chi connectivity index (χ0n) is 7.59. The molecule has 0 amide bonds. The van der Waals surface area contributed by atoms with Crippen LogP contribution in [0.15, 0.2) is 11.4 Å². The van der Waals surface area contributed by atoms with Crippen LogP contribution in [-0.2, 0) is 6.42 Å². The van der Waals surface area contributed by atoms with Crippen molar-refractivity contribution in [2.75, 3.05) is 0 Å². The summed E-state index contributed by atoms with van der Waals surface area (Å²) in [4.78, 5) is 12.4. The van der Waals surface area contributed by atoms with Crippen LogP contribution in [0.2, 0.25) is 0 Å². The predicted octanol–water partition coefficient (Wildman–Crippen LogP) is 3.29. The van der Waals surface area contributed by atoms with Gasteiger partial charge in [-0.1, -0.05) is 13.8 Å². The van der Waals surface area contributed by atoms with E-state index in [-0.39, 0.29) is 0 Å². The molecule has 0 spiro atoms. The van der Waals surface area contributed by atoms with E-state index in [9.17, 15) is 4.79 Å². The van der Waals surface area contributed by atoms with E-state index in [4.69, 9.17) is 0 Å². The molecule has 0 bridgehead atoms. The van der Waals surface area contributed by atoms with Crippen LogP contribution < -0.4 is 0 Å². The number of thiophene rings is 1. The molecular weight excluding hydrogens is 168 g/mol. The van der Waals surface area contributed by atoms with Gasteiger partial charge in [0.05, 0.1) is 0 Å². The minimum Gasteiger partial charge on any atom is -0.294 e. The van der Waals surface area contributed by atoms with Gasteiger partial charge in [0.1, 0.15) is 0 Å². The fourth-order valence-corrected chi connectivity index (χ4v) is 2.27. The molecule has 0 saturated carbocycles. The van der Waals surface area contributed by atoms with Gasteiger partial charge in [-0.2, -0.15) is 0 Å². The molecule has 2 heteroatoms. The summed E-state index contributed by atoms with van der Waals surface area (Å²) < 4.78 is 0. The molecule has 0 radical (unpaired) electrons. The van der Waals surface area contributed by atoms with Crippen LogP contribution in [0.1, 0.15) is 41.9 Å². The van der Waals surface area contributed by atoms with E-state index >= 15 is 0 Å². The number of Topliss-reactive ketones (excluding diaryl/α,β-unsaturated/α-hetero) is 1. The second-order valence-corrected chi connectivity index (χ2v) is 3.53. The highest BCUT2D eigenvalue weighted by atomic mass is 32.1. The van der Waals surface area contributed by atoms with E-state index in [1.54, 1.807) is 11.3 Å². The smallest absolute Gasteiger partial charge is 0.164 e. The first-order valence-corrected chi connectivity index (χ1v) is 5.35. The Balaban J connectivity index is 0.000000336. The van der Waals surface area contributed by atoms with Crippen LogP contribution in [0.25, 0.3) is 0 Å². The third-order valence-corrected chi connectivity index (χ3v) is 2.83. The van der Waals surface area contributed by atoms with Crippen molar-refractivity contribution in [2.24, 2.45) is 0 Å². The van der Waals surface area contributed by atoms with Crippen LogP contribution in [0.4, 0.5) is 0 Å². The van der Waals surface area contributed by atoms with E-state index in [1.165, 1.54) is 4.88 Å². The number of carbonyl (C=O) groups excluding carboxylic acids is 1. The molecule has 1 aliphatic carbocycles. The molecule has 2 rings (SSSR count). The Labute approximate surface area is 77.4 Å². The minimum atomic E-state index is 0.336. The van der Waals surface area contributed by atoms with Crippen molar-refractivity contribution in [3.8, 4) is 0 Å². The highest BCUT2D eigenvalue weighted by Crippen LogP contribution is 2.25. The quantitative estimate of drug-likeness (QED) is 0.601. The molecule has 66 valence electrons. The predicted molar refractivity (Wildman–Crippen MR) is 52.9 cm³/mol. The van der Waals surface area contributed by atoms with E-state index in [1.807, 2.05) is 25.3 Å². The molecule has 0 unspecified atom stereocenters. The standard InChI is InChI=1S/C8H8OS.C2H6/c9-7-2-1-3-8-6(7)4-5-10-8;1-2/h4-5H,1-3H2;1-2H3. The summed E-state index contributed by atoms with van der Waals surface area (Å²) in [5, 5.41) is 2.01. The number of fused-ring (bicyclic) bond motifs is 1. The van der Waals surface area contributed by atoms with Gasteiger partial charge in [-0.05, 0) is 24.3 Å². The van der Waals surface area contributed by atoms with Gasteiger partial charge in [-0.3, -0.25) is 4.79 Å². The lowest BCUT2D eigenvalue weighted by molar-refractivity contribution is 0.0973. The van der Waals surface area contributed by atoms with Gasteiger partial charge in [0.2, 0.25) is 0 Å². The molecule has 0 aliphatic heterocycles. The van der Waals surface area contributed by atoms with E-state index in [0.29, 0.717) is 5.78 Å². The maximum atomic E-state index is 11.2. The van der Waals surface area contributed by atoms with Crippen molar-refractivity contribution in [2.45, 2.75) is 33.1 Å². The largest absolute Gasteiger partial charge is 0.294 e. The summed E-state index contributed by atoms with van der Waals surface area (Å²) in [5.41, 5.74) is 0.983. The van der Waals surface area contributed by atoms with Crippen LogP contribution in [0.5, 0.6) is 0 Å². The van der Waals surface area contributed by atoms with E-state index in [2.05, 4.69) is 0 Å². The lowest BCUT2D eigenvalue weighted by atomic mass is 9.98. The van der Waals surface area contributed by atoms with Crippen molar-refractivity contribution in [3.63, 3.8) is 0 Å². The minimum absolute atomic E-state index is 0.336. The molecule has 0 fully saturated rings. The Bertz CT molecular complexity index is 263. The van der Waals surface area contributed by atoms with Crippen LogP contribution in [-0.4, -0.2) is 5.78 Å². The lowest BCUT2D eigenvalue weighted by Gasteiger charge is -2.07. The molecule has 0 N–H and O–H groups in total. The molecule has 1 nitrogen and oxygen atoms in total. The number of rotatable bonds is 0. The van der Waals surface area contributed by atoms with Crippen molar-refractivity contribution in [3.05, 3.63) is 21.9 Å². The summed E-state index contributed by atoms with van der Waals surface area (Å²) in [6.45, 7) is 4.00.